The Morgan fingerprint density at radius 3 is 1.53 bits per heavy atom. The lowest BCUT2D eigenvalue weighted by Gasteiger charge is -2.10. The van der Waals surface area contributed by atoms with Gasteiger partial charge < -0.3 is 9.47 Å². The summed E-state index contributed by atoms with van der Waals surface area (Å²) in [5, 5.41) is 0. The summed E-state index contributed by atoms with van der Waals surface area (Å²) in [7, 11) is 7.11. The Morgan fingerprint density at radius 1 is 0.745 bits per heavy atom. The molecule has 2 aromatic carbocycles. The van der Waals surface area contributed by atoms with E-state index in [1.165, 1.54) is 37.0 Å². The first-order valence-corrected chi connectivity index (χ1v) is 17.8. The van der Waals surface area contributed by atoms with Gasteiger partial charge in [-0.25, -0.2) is 0 Å². The fourth-order valence-electron chi connectivity index (χ4n) is 6.14. The largest absolute Gasteiger partial charge is 0.496 e. The second-order valence-electron chi connectivity index (χ2n) is 12.6. The lowest BCUT2D eigenvalue weighted by Crippen LogP contribution is -2.10. The molecule has 1 aliphatic rings. The van der Waals surface area contributed by atoms with Crippen molar-refractivity contribution >= 4 is 23.0 Å². The number of ether oxygens (including phenoxy) is 2. The number of aryl methyl sites for hydroxylation is 2. The molecule has 47 heavy (non-hydrogen) atoms. The topological polar surface area (TPSA) is 77.3 Å². The third-order valence-electron chi connectivity index (χ3n) is 9.22. The highest BCUT2D eigenvalue weighted by Gasteiger charge is 2.21. The normalized spacial score (nSPS) is 13.4. The summed E-state index contributed by atoms with van der Waals surface area (Å²) >= 11 is 0. The highest BCUT2D eigenvalue weighted by Crippen LogP contribution is 2.27. The molecule has 0 aromatic heterocycles. The molecule has 1 aliphatic carbocycles. The van der Waals surface area contributed by atoms with Crippen LogP contribution in [-0.2, 0) is 9.59 Å². The molecule has 0 spiro atoms. The Balaban J connectivity index is 0.000000398. The second-order valence-corrected chi connectivity index (χ2v) is 12.6. The van der Waals surface area contributed by atoms with Gasteiger partial charge in [0.05, 0.1) is 14.2 Å². The van der Waals surface area contributed by atoms with Gasteiger partial charge in [-0.2, -0.15) is 0 Å². The number of hydrogen-bond donors (Lipinski definition) is 0. The molecule has 0 amide bonds. The van der Waals surface area contributed by atoms with Crippen molar-refractivity contribution in [2.75, 3.05) is 28.3 Å². The van der Waals surface area contributed by atoms with Crippen LogP contribution in [0.1, 0.15) is 133 Å². The summed E-state index contributed by atoms with van der Waals surface area (Å²) in [6.07, 6.45) is 13.8. The summed E-state index contributed by atoms with van der Waals surface area (Å²) in [5.41, 5.74) is 6.97. The van der Waals surface area contributed by atoms with E-state index in [9.17, 15) is 9.59 Å². The molecule has 2 aromatic rings. The van der Waals surface area contributed by atoms with E-state index in [2.05, 4.69) is 68.9 Å². The minimum atomic E-state index is 0.315. The fourth-order valence-corrected chi connectivity index (χ4v) is 6.14. The van der Waals surface area contributed by atoms with E-state index < -0.39 is 0 Å². The van der Waals surface area contributed by atoms with Crippen molar-refractivity contribution < 1.29 is 19.1 Å². The van der Waals surface area contributed by atoms with Gasteiger partial charge in [0, 0.05) is 43.8 Å². The third kappa shape index (κ3) is 15.0. The SMILES string of the molecule is CCC(CC)C(C)=O.CCCCC(=NC)c1ccc(OC)c(C)c1.CN=C(CCCCC(=O)C1CCCC1)c1ccc(OC)c(C)c1. The molecule has 0 N–H and O–H groups in total. The van der Waals surface area contributed by atoms with Crippen molar-refractivity contribution in [1.29, 1.82) is 0 Å². The van der Waals surface area contributed by atoms with E-state index >= 15 is 0 Å². The van der Waals surface area contributed by atoms with E-state index in [0.717, 1.165) is 91.7 Å². The molecule has 0 aliphatic heterocycles. The van der Waals surface area contributed by atoms with Crippen LogP contribution in [0.15, 0.2) is 46.4 Å². The van der Waals surface area contributed by atoms with Crippen LogP contribution in [0.5, 0.6) is 11.5 Å². The number of carbonyl (C=O) groups is 2. The van der Waals surface area contributed by atoms with Crippen molar-refractivity contribution in [3.8, 4) is 11.5 Å². The maximum atomic E-state index is 12.1. The predicted octanol–water partition coefficient (Wildman–Crippen LogP) is 10.4. The molecular weight excluding hydrogens is 584 g/mol. The predicted molar refractivity (Wildman–Crippen MR) is 200 cm³/mol. The smallest absolute Gasteiger partial charge is 0.135 e. The van der Waals surface area contributed by atoms with Crippen LogP contribution in [-0.4, -0.2) is 51.3 Å². The third-order valence-corrected chi connectivity index (χ3v) is 9.22. The number of carbonyl (C=O) groups excluding carboxylic acids is 2. The van der Waals surface area contributed by atoms with Crippen LogP contribution in [0.3, 0.4) is 0 Å². The number of methoxy groups -OCH3 is 2. The Kier molecular flexibility index (Phi) is 21.3. The van der Waals surface area contributed by atoms with Gasteiger partial charge in [-0.3, -0.25) is 19.6 Å². The zero-order valence-corrected chi connectivity index (χ0v) is 31.3. The Morgan fingerprint density at radius 2 is 1.19 bits per heavy atom. The van der Waals surface area contributed by atoms with Gasteiger partial charge >= 0.3 is 0 Å². The van der Waals surface area contributed by atoms with Crippen LogP contribution >= 0.6 is 0 Å². The zero-order valence-electron chi connectivity index (χ0n) is 31.3. The van der Waals surface area contributed by atoms with E-state index in [1.54, 1.807) is 21.1 Å². The van der Waals surface area contributed by atoms with E-state index in [-0.39, 0.29) is 0 Å². The van der Waals surface area contributed by atoms with Crippen molar-refractivity contribution in [2.24, 2.45) is 21.8 Å². The first-order valence-electron chi connectivity index (χ1n) is 17.8. The molecule has 0 radical (unpaired) electrons. The number of hydrogen-bond acceptors (Lipinski definition) is 6. The number of Topliss-reactive ketones (excluding diaryl/α,β-unsaturated/α-hetero) is 2. The lowest BCUT2D eigenvalue weighted by molar-refractivity contribution is -0.123. The molecule has 0 bridgehead atoms. The fraction of sp³-hybridized carbons (Fsp3) is 0.610. The maximum Gasteiger partial charge on any atom is 0.135 e. The van der Waals surface area contributed by atoms with Gasteiger partial charge in [0.15, 0.2) is 0 Å². The summed E-state index contributed by atoms with van der Waals surface area (Å²) in [6.45, 7) is 12.1. The van der Waals surface area contributed by atoms with Gasteiger partial charge in [0.25, 0.3) is 0 Å². The van der Waals surface area contributed by atoms with E-state index in [0.29, 0.717) is 23.4 Å². The molecule has 1 saturated carbocycles. The zero-order chi connectivity index (χ0) is 35.2. The summed E-state index contributed by atoms with van der Waals surface area (Å²) in [4.78, 5) is 31.5. The quantitative estimate of drug-likeness (QED) is 0.134. The Bertz CT molecular complexity index is 1270. The van der Waals surface area contributed by atoms with Crippen molar-refractivity contribution in [1.82, 2.24) is 0 Å². The monoisotopic (exact) mass is 648 g/mol. The molecule has 0 atom stereocenters. The molecule has 3 rings (SSSR count). The van der Waals surface area contributed by atoms with Crippen LogP contribution < -0.4 is 9.47 Å². The van der Waals surface area contributed by atoms with Gasteiger partial charge in [-0.05, 0) is 137 Å². The number of ketones is 2. The lowest BCUT2D eigenvalue weighted by atomic mass is 9.96. The Hall–Kier alpha value is -3.28. The molecule has 0 saturated heterocycles. The number of nitrogens with zero attached hydrogens (tertiary/aromatic N) is 2. The minimum Gasteiger partial charge on any atom is -0.496 e. The van der Waals surface area contributed by atoms with Gasteiger partial charge in [-0.1, -0.05) is 40.0 Å². The van der Waals surface area contributed by atoms with E-state index in [1.807, 2.05) is 26.2 Å². The maximum absolute atomic E-state index is 12.1. The Labute approximate surface area is 286 Å². The van der Waals surface area contributed by atoms with E-state index in [4.69, 9.17) is 9.47 Å². The van der Waals surface area contributed by atoms with Crippen molar-refractivity contribution in [3.63, 3.8) is 0 Å². The van der Waals surface area contributed by atoms with Crippen molar-refractivity contribution in [2.45, 2.75) is 125 Å². The number of unbranched alkanes of at least 4 members (excludes halogenated alkanes) is 2. The molecule has 1 fully saturated rings. The summed E-state index contributed by atoms with van der Waals surface area (Å²) in [5.74, 6) is 3.34. The number of rotatable bonds is 16. The average molecular weight is 649 g/mol. The molecule has 6 nitrogen and oxygen atoms in total. The molecule has 262 valence electrons. The molecular formula is C41H64N2O4. The molecule has 0 unspecified atom stereocenters. The molecule has 6 heteroatoms. The number of aliphatic imine (C=N–C) groups is 2. The van der Waals surface area contributed by atoms with Gasteiger partial charge in [0.1, 0.15) is 23.1 Å². The average Bonchev–Trinajstić information content (AvgIpc) is 3.62. The first-order chi connectivity index (χ1) is 22.6. The van der Waals surface area contributed by atoms with Crippen molar-refractivity contribution in [3.05, 3.63) is 58.7 Å². The first kappa shape index (κ1) is 41.7. The second kappa shape index (κ2) is 23.9. The number of benzene rings is 2. The van der Waals surface area contributed by atoms with Crippen LogP contribution in [0, 0.1) is 25.7 Å². The molecule has 0 heterocycles. The minimum absolute atomic E-state index is 0.315. The van der Waals surface area contributed by atoms with Crippen LogP contribution in [0.2, 0.25) is 0 Å². The van der Waals surface area contributed by atoms with Crippen LogP contribution in [0.25, 0.3) is 0 Å². The van der Waals surface area contributed by atoms with Gasteiger partial charge in [-0.15, -0.1) is 0 Å². The van der Waals surface area contributed by atoms with Crippen LogP contribution in [0.4, 0.5) is 0 Å². The summed E-state index contributed by atoms with van der Waals surface area (Å²) in [6, 6.07) is 12.4. The standard InChI is InChI=1S/C20H29NO2.C14H21NO.C7H14O/c1-15-14-17(12-13-20(15)23-3)18(21-2)10-6-7-11-19(22)16-8-4-5-9-16;1-5-6-7-13(15-3)12-8-9-14(16-4)11(2)10-12;1-4-7(5-2)6(3)8/h12-14,16H,4-11H2,1-3H3;8-10H,5-7H2,1-4H3;7H,4-5H2,1-3H3. The highest BCUT2D eigenvalue weighted by molar-refractivity contribution is 6.01. The summed E-state index contributed by atoms with van der Waals surface area (Å²) < 4.78 is 10.6. The van der Waals surface area contributed by atoms with Gasteiger partial charge in [0.2, 0.25) is 0 Å². The highest BCUT2D eigenvalue weighted by atomic mass is 16.5.